The molecule has 148 valence electrons. The number of carbonyl (C=O) groups is 1. The number of nitrogens with zero attached hydrogens (tertiary/aromatic N) is 2. The fraction of sp³-hybridized carbons (Fsp3) is 0.300. The van der Waals surface area contributed by atoms with Gasteiger partial charge in [-0.1, -0.05) is 41.7 Å². The lowest BCUT2D eigenvalue weighted by Crippen LogP contribution is -2.41. The van der Waals surface area contributed by atoms with Crippen LogP contribution in [0, 0.1) is 0 Å². The smallest absolute Gasteiger partial charge is 0.247 e. The van der Waals surface area contributed by atoms with Gasteiger partial charge in [-0.05, 0) is 37.6 Å². The molecule has 2 aromatic carbocycles. The molecule has 6 nitrogen and oxygen atoms in total. The first kappa shape index (κ1) is 20.3. The number of anilines is 1. The molecule has 0 fully saturated rings. The van der Waals surface area contributed by atoms with Crippen molar-refractivity contribution in [2.45, 2.75) is 25.6 Å². The molecular formula is C20H22N2O4S2. The van der Waals surface area contributed by atoms with Crippen LogP contribution in [0.3, 0.4) is 0 Å². The predicted molar refractivity (Wildman–Crippen MR) is 113 cm³/mol. The van der Waals surface area contributed by atoms with Gasteiger partial charge >= 0.3 is 0 Å². The molecule has 3 aromatic rings. The Morgan fingerprint density at radius 2 is 1.93 bits per heavy atom. The van der Waals surface area contributed by atoms with E-state index in [9.17, 15) is 13.2 Å². The van der Waals surface area contributed by atoms with Crippen LogP contribution in [0.1, 0.15) is 19.4 Å². The van der Waals surface area contributed by atoms with Crippen molar-refractivity contribution in [1.82, 2.24) is 4.98 Å². The van der Waals surface area contributed by atoms with Gasteiger partial charge < -0.3 is 4.74 Å². The van der Waals surface area contributed by atoms with Crippen molar-refractivity contribution < 1.29 is 17.9 Å². The van der Waals surface area contributed by atoms with E-state index >= 15 is 0 Å². The average Bonchev–Trinajstić information content (AvgIpc) is 3.08. The third kappa shape index (κ3) is 4.51. The highest BCUT2D eigenvalue weighted by Crippen LogP contribution is 2.33. The second-order valence-electron chi connectivity index (χ2n) is 6.44. The Balaban J connectivity index is 2.02. The van der Waals surface area contributed by atoms with E-state index in [1.807, 2.05) is 55.5 Å². The number of sulfone groups is 1. The third-order valence-corrected chi connectivity index (χ3v) is 6.86. The maximum Gasteiger partial charge on any atom is 0.247 e. The summed E-state index contributed by atoms with van der Waals surface area (Å²) in [6.07, 6.45) is 1.07. The van der Waals surface area contributed by atoms with Crippen LogP contribution in [0.4, 0.5) is 5.13 Å². The second kappa shape index (κ2) is 8.28. The highest BCUT2D eigenvalue weighted by atomic mass is 32.2. The predicted octanol–water partition coefficient (Wildman–Crippen LogP) is 3.66. The molecule has 0 N–H and O–H groups in total. The van der Waals surface area contributed by atoms with E-state index in [0.29, 0.717) is 11.7 Å². The Morgan fingerprint density at radius 3 is 2.57 bits per heavy atom. The van der Waals surface area contributed by atoms with Crippen molar-refractivity contribution >= 4 is 42.4 Å². The third-order valence-electron chi connectivity index (χ3n) is 4.33. The lowest BCUT2D eigenvalue weighted by atomic mass is 10.2. The highest BCUT2D eigenvalue weighted by Gasteiger charge is 2.31. The van der Waals surface area contributed by atoms with Crippen molar-refractivity contribution in [2.75, 3.05) is 17.8 Å². The van der Waals surface area contributed by atoms with Gasteiger partial charge in [0.15, 0.2) is 15.0 Å². The highest BCUT2D eigenvalue weighted by molar-refractivity contribution is 7.92. The molecule has 3 rings (SSSR count). The van der Waals surface area contributed by atoms with E-state index in [2.05, 4.69) is 4.98 Å². The van der Waals surface area contributed by atoms with E-state index in [4.69, 9.17) is 4.74 Å². The number of amides is 1. The zero-order valence-corrected chi connectivity index (χ0v) is 17.6. The van der Waals surface area contributed by atoms with Gasteiger partial charge in [-0.15, -0.1) is 0 Å². The molecule has 8 heteroatoms. The lowest BCUT2D eigenvalue weighted by Gasteiger charge is -2.22. The molecule has 0 saturated heterocycles. The largest absolute Gasteiger partial charge is 0.494 e. The maximum absolute atomic E-state index is 13.0. The number of thiazole rings is 1. The molecule has 0 aliphatic rings. The number of aromatic nitrogens is 1. The lowest BCUT2D eigenvalue weighted by molar-refractivity contribution is -0.118. The van der Waals surface area contributed by atoms with Crippen LogP contribution in [-0.2, 0) is 21.2 Å². The maximum atomic E-state index is 13.0. The molecule has 0 aliphatic heterocycles. The van der Waals surface area contributed by atoms with Gasteiger partial charge in [0, 0.05) is 6.26 Å². The van der Waals surface area contributed by atoms with Crippen molar-refractivity contribution in [3.05, 3.63) is 54.1 Å². The van der Waals surface area contributed by atoms with Crippen molar-refractivity contribution in [2.24, 2.45) is 0 Å². The van der Waals surface area contributed by atoms with Gasteiger partial charge in [0.05, 0.1) is 23.4 Å². The second-order valence-corrected chi connectivity index (χ2v) is 9.82. The standard InChI is InChI=1S/C20H22N2O4S2/c1-4-26-16-10-11-17-18(12-16)27-20(21-17)22(13-15-8-6-5-7-9-15)19(23)14(2)28(3,24)25/h5-12,14H,4,13H2,1-3H3. The number of hydrogen-bond acceptors (Lipinski definition) is 6. The van der Waals surface area contributed by atoms with Gasteiger partial charge in [0.1, 0.15) is 11.0 Å². The fourth-order valence-electron chi connectivity index (χ4n) is 2.67. The summed E-state index contributed by atoms with van der Waals surface area (Å²) < 4.78 is 30.3. The van der Waals surface area contributed by atoms with E-state index in [-0.39, 0.29) is 6.54 Å². The molecule has 1 amide bonds. The average molecular weight is 419 g/mol. The molecule has 1 aromatic heterocycles. The molecule has 0 aliphatic carbocycles. The number of ether oxygens (including phenoxy) is 1. The van der Waals surface area contributed by atoms with E-state index in [0.717, 1.165) is 27.8 Å². The van der Waals surface area contributed by atoms with Crippen LogP contribution < -0.4 is 9.64 Å². The summed E-state index contributed by atoms with van der Waals surface area (Å²) in [5.41, 5.74) is 1.63. The summed E-state index contributed by atoms with van der Waals surface area (Å²) in [6, 6.07) is 15.0. The Hall–Kier alpha value is -2.45. The van der Waals surface area contributed by atoms with Gasteiger partial charge in [-0.2, -0.15) is 0 Å². The summed E-state index contributed by atoms with van der Waals surface area (Å²) in [7, 11) is -3.53. The minimum absolute atomic E-state index is 0.248. The first-order valence-corrected chi connectivity index (χ1v) is 11.6. The number of rotatable bonds is 7. The molecule has 1 unspecified atom stereocenters. The van der Waals surface area contributed by atoms with Crippen LogP contribution in [0.25, 0.3) is 10.2 Å². The zero-order valence-electron chi connectivity index (χ0n) is 16.0. The fourth-order valence-corrected chi connectivity index (χ4v) is 4.17. The van der Waals surface area contributed by atoms with E-state index < -0.39 is 21.0 Å². The monoisotopic (exact) mass is 418 g/mol. The van der Waals surface area contributed by atoms with Gasteiger partial charge in [0.25, 0.3) is 0 Å². The van der Waals surface area contributed by atoms with Crippen LogP contribution in [-0.4, -0.2) is 37.4 Å². The number of hydrogen-bond donors (Lipinski definition) is 0. The van der Waals surface area contributed by atoms with Crippen LogP contribution in [0.15, 0.2) is 48.5 Å². The van der Waals surface area contributed by atoms with Crippen molar-refractivity contribution in [1.29, 1.82) is 0 Å². The Bertz CT molecular complexity index is 1080. The van der Waals surface area contributed by atoms with Crippen molar-refractivity contribution in [3.8, 4) is 5.75 Å². The Labute approximate surface area is 168 Å². The molecule has 1 atom stereocenters. The number of benzene rings is 2. The number of carbonyl (C=O) groups excluding carboxylic acids is 1. The quantitative estimate of drug-likeness (QED) is 0.585. The van der Waals surface area contributed by atoms with Gasteiger partial charge in [-0.3, -0.25) is 9.69 Å². The first-order valence-electron chi connectivity index (χ1n) is 8.87. The zero-order chi connectivity index (χ0) is 20.3. The minimum atomic E-state index is -3.53. The molecule has 0 radical (unpaired) electrons. The van der Waals surface area contributed by atoms with Crippen LogP contribution >= 0.6 is 11.3 Å². The summed E-state index contributed by atoms with van der Waals surface area (Å²) in [4.78, 5) is 19.0. The van der Waals surface area contributed by atoms with Gasteiger partial charge in [0.2, 0.25) is 5.91 Å². The summed E-state index contributed by atoms with van der Waals surface area (Å²) in [6.45, 7) is 4.13. The topological polar surface area (TPSA) is 76.6 Å². The van der Waals surface area contributed by atoms with Crippen LogP contribution in [0.5, 0.6) is 5.75 Å². The molecule has 0 spiro atoms. The van der Waals surface area contributed by atoms with Crippen LogP contribution in [0.2, 0.25) is 0 Å². The normalized spacial score (nSPS) is 12.7. The first-order chi connectivity index (χ1) is 13.3. The molecule has 28 heavy (non-hydrogen) atoms. The van der Waals surface area contributed by atoms with Crippen molar-refractivity contribution in [3.63, 3.8) is 0 Å². The van der Waals surface area contributed by atoms with Gasteiger partial charge in [-0.25, -0.2) is 13.4 Å². The Kier molecular flexibility index (Phi) is 6.00. The van der Waals surface area contributed by atoms with E-state index in [1.165, 1.54) is 23.2 Å². The molecule has 1 heterocycles. The summed E-state index contributed by atoms with van der Waals surface area (Å²) in [5, 5.41) is -0.685. The Morgan fingerprint density at radius 1 is 1.21 bits per heavy atom. The molecule has 0 saturated carbocycles. The SMILES string of the molecule is CCOc1ccc2nc(N(Cc3ccccc3)C(=O)C(C)S(C)(=O)=O)sc2c1. The number of fused-ring (bicyclic) bond motifs is 1. The minimum Gasteiger partial charge on any atom is -0.494 e. The molecular weight excluding hydrogens is 396 g/mol. The van der Waals surface area contributed by atoms with E-state index in [1.54, 1.807) is 0 Å². The summed E-state index contributed by atoms with van der Waals surface area (Å²) >= 11 is 1.34. The summed E-state index contributed by atoms with van der Waals surface area (Å²) in [5.74, 6) is 0.242. The molecule has 0 bridgehead atoms.